The summed E-state index contributed by atoms with van der Waals surface area (Å²) in [7, 11) is -1.91. The van der Waals surface area contributed by atoms with Crippen LogP contribution < -0.4 is 4.72 Å². The highest BCUT2D eigenvalue weighted by atomic mass is 32.2. The van der Waals surface area contributed by atoms with Crippen LogP contribution in [0.2, 0.25) is 0 Å². The van der Waals surface area contributed by atoms with Crippen LogP contribution in [0.5, 0.6) is 0 Å². The quantitative estimate of drug-likeness (QED) is 0.602. The molecule has 0 radical (unpaired) electrons. The number of ether oxygens (including phenoxy) is 1. The largest absolute Gasteiger partial charge is 0.385 e. The summed E-state index contributed by atoms with van der Waals surface area (Å²) in [6, 6.07) is 2.41. The number of rotatable bonds is 6. The number of pyridine rings is 1. The van der Waals surface area contributed by atoms with Gasteiger partial charge < -0.3 is 4.74 Å². The van der Waals surface area contributed by atoms with Gasteiger partial charge in [-0.05, 0) is 18.6 Å². The number of anilines is 1. The Balaban J connectivity index is 2.55. The van der Waals surface area contributed by atoms with Gasteiger partial charge in [-0.2, -0.15) is 4.39 Å². The van der Waals surface area contributed by atoms with Crippen molar-refractivity contribution in [3.63, 3.8) is 0 Å². The van der Waals surface area contributed by atoms with Crippen LogP contribution in [0.15, 0.2) is 18.3 Å². The van der Waals surface area contributed by atoms with E-state index in [0.29, 0.717) is 13.0 Å². The van der Waals surface area contributed by atoms with Gasteiger partial charge in [-0.1, -0.05) is 0 Å². The fourth-order valence-corrected chi connectivity index (χ4v) is 2.14. The third kappa shape index (κ3) is 4.54. The molecule has 0 saturated carbocycles. The summed E-state index contributed by atoms with van der Waals surface area (Å²) in [5, 5.41) is 0. The molecule has 7 heteroatoms. The summed E-state index contributed by atoms with van der Waals surface area (Å²) in [5.74, 6) is -0.694. The van der Waals surface area contributed by atoms with Crippen molar-refractivity contribution in [2.75, 3.05) is 24.2 Å². The molecule has 1 aromatic heterocycles. The van der Waals surface area contributed by atoms with Gasteiger partial charge in [-0.3, -0.25) is 4.72 Å². The Bertz CT molecular complexity index is 419. The molecule has 0 atom stereocenters. The molecule has 1 heterocycles. The van der Waals surface area contributed by atoms with Crippen molar-refractivity contribution < 1.29 is 17.5 Å². The number of hydrogen-bond donors (Lipinski definition) is 1. The maximum absolute atomic E-state index is 12.5. The van der Waals surface area contributed by atoms with Crippen LogP contribution in [-0.4, -0.2) is 32.9 Å². The normalized spacial score (nSPS) is 11.4. The third-order valence-corrected chi connectivity index (χ3v) is 3.14. The van der Waals surface area contributed by atoms with Crippen LogP contribution in [0.25, 0.3) is 0 Å². The molecule has 5 nitrogen and oxygen atoms in total. The van der Waals surface area contributed by atoms with Crippen LogP contribution in [-0.2, 0) is 14.8 Å². The highest BCUT2D eigenvalue weighted by Gasteiger charge is 2.09. The lowest BCUT2D eigenvalue weighted by atomic mass is 10.4. The highest BCUT2D eigenvalue weighted by Crippen LogP contribution is 2.08. The first-order chi connectivity index (χ1) is 7.53. The van der Waals surface area contributed by atoms with Crippen molar-refractivity contribution in [3.8, 4) is 0 Å². The van der Waals surface area contributed by atoms with Gasteiger partial charge in [0, 0.05) is 13.7 Å². The van der Waals surface area contributed by atoms with Gasteiger partial charge in [0.1, 0.15) is 0 Å². The number of halogens is 1. The van der Waals surface area contributed by atoms with Crippen molar-refractivity contribution >= 4 is 15.7 Å². The Kier molecular flexibility index (Phi) is 4.63. The van der Waals surface area contributed by atoms with E-state index >= 15 is 0 Å². The molecule has 1 aromatic rings. The molecule has 0 fully saturated rings. The van der Waals surface area contributed by atoms with Crippen LogP contribution in [0, 0.1) is 5.95 Å². The first-order valence-electron chi connectivity index (χ1n) is 4.64. The number of nitrogens with zero attached hydrogens (tertiary/aromatic N) is 1. The Morgan fingerprint density at radius 3 is 2.81 bits per heavy atom. The minimum absolute atomic E-state index is 0.0434. The van der Waals surface area contributed by atoms with E-state index in [1.807, 2.05) is 0 Å². The predicted octanol–water partition coefficient (Wildman–Crippen LogP) is 0.999. The molecule has 1 N–H and O–H groups in total. The molecule has 0 aromatic carbocycles. The Labute approximate surface area is 93.7 Å². The molecule has 16 heavy (non-hydrogen) atoms. The molecule has 0 saturated heterocycles. The Hall–Kier alpha value is -1.21. The third-order valence-electron chi connectivity index (χ3n) is 1.76. The van der Waals surface area contributed by atoms with Crippen molar-refractivity contribution in [2.24, 2.45) is 0 Å². The summed E-state index contributed by atoms with van der Waals surface area (Å²) in [6.45, 7) is 0.378. The molecular formula is C9H13FN2O3S. The number of methoxy groups -OCH3 is 1. The standard InChI is InChI=1S/C9H13FN2O3S/c1-15-5-2-6-16(13,14)12-8-3-4-9(10)11-7-8/h3-4,7,12H,2,5-6H2,1H3. The van der Waals surface area contributed by atoms with Gasteiger partial charge >= 0.3 is 0 Å². The zero-order chi connectivity index (χ0) is 12.0. The molecule has 0 aliphatic rings. The van der Waals surface area contributed by atoms with Crippen LogP contribution in [0.3, 0.4) is 0 Å². The second-order valence-electron chi connectivity index (χ2n) is 3.14. The van der Waals surface area contributed by atoms with E-state index in [4.69, 9.17) is 4.74 Å². The van der Waals surface area contributed by atoms with Gasteiger partial charge in [0.05, 0.1) is 17.6 Å². The second kappa shape index (κ2) is 5.76. The average Bonchev–Trinajstić information content (AvgIpc) is 2.21. The van der Waals surface area contributed by atoms with Crippen LogP contribution >= 0.6 is 0 Å². The zero-order valence-corrected chi connectivity index (χ0v) is 9.63. The topological polar surface area (TPSA) is 68.3 Å². The van der Waals surface area contributed by atoms with Gasteiger partial charge in [0.25, 0.3) is 0 Å². The van der Waals surface area contributed by atoms with E-state index in [-0.39, 0.29) is 11.4 Å². The Morgan fingerprint density at radius 2 is 2.25 bits per heavy atom. The predicted molar refractivity (Wildman–Crippen MR) is 58.1 cm³/mol. The molecule has 0 unspecified atom stereocenters. The van der Waals surface area contributed by atoms with Gasteiger partial charge in [-0.25, -0.2) is 13.4 Å². The maximum Gasteiger partial charge on any atom is 0.232 e. The molecule has 0 bridgehead atoms. The summed E-state index contributed by atoms with van der Waals surface area (Å²) >= 11 is 0. The fraction of sp³-hybridized carbons (Fsp3) is 0.444. The van der Waals surface area contributed by atoms with Crippen LogP contribution in [0.4, 0.5) is 10.1 Å². The summed E-state index contributed by atoms with van der Waals surface area (Å²) in [4.78, 5) is 3.34. The fourth-order valence-electron chi connectivity index (χ4n) is 1.06. The van der Waals surface area contributed by atoms with E-state index in [1.165, 1.54) is 13.2 Å². The van der Waals surface area contributed by atoms with E-state index < -0.39 is 16.0 Å². The Morgan fingerprint density at radius 1 is 1.50 bits per heavy atom. The molecule has 0 amide bonds. The molecular weight excluding hydrogens is 235 g/mol. The maximum atomic E-state index is 12.5. The smallest absolute Gasteiger partial charge is 0.232 e. The highest BCUT2D eigenvalue weighted by molar-refractivity contribution is 7.92. The molecule has 0 aliphatic carbocycles. The lowest BCUT2D eigenvalue weighted by Crippen LogP contribution is -2.17. The summed E-state index contributed by atoms with van der Waals surface area (Å²) in [6.07, 6.45) is 1.53. The first kappa shape index (κ1) is 12.9. The van der Waals surface area contributed by atoms with Gasteiger partial charge in [0.2, 0.25) is 16.0 Å². The van der Waals surface area contributed by atoms with Gasteiger partial charge in [-0.15, -0.1) is 0 Å². The van der Waals surface area contributed by atoms with E-state index in [2.05, 4.69) is 9.71 Å². The van der Waals surface area contributed by atoms with Crippen molar-refractivity contribution in [1.29, 1.82) is 0 Å². The zero-order valence-electron chi connectivity index (χ0n) is 8.81. The first-order valence-corrected chi connectivity index (χ1v) is 6.30. The lowest BCUT2D eigenvalue weighted by molar-refractivity contribution is 0.199. The monoisotopic (exact) mass is 248 g/mol. The van der Waals surface area contributed by atoms with E-state index in [9.17, 15) is 12.8 Å². The minimum atomic E-state index is -3.41. The number of nitrogens with one attached hydrogen (secondary N) is 1. The molecule has 0 aliphatic heterocycles. The lowest BCUT2D eigenvalue weighted by Gasteiger charge is -2.06. The molecule has 1 rings (SSSR count). The SMILES string of the molecule is COCCCS(=O)(=O)Nc1ccc(F)nc1. The van der Waals surface area contributed by atoms with Crippen molar-refractivity contribution in [1.82, 2.24) is 4.98 Å². The number of aromatic nitrogens is 1. The minimum Gasteiger partial charge on any atom is -0.385 e. The summed E-state index contributed by atoms with van der Waals surface area (Å²) in [5.41, 5.74) is 0.249. The number of sulfonamides is 1. The van der Waals surface area contributed by atoms with Crippen LogP contribution in [0.1, 0.15) is 6.42 Å². The van der Waals surface area contributed by atoms with Gasteiger partial charge in [0.15, 0.2) is 0 Å². The van der Waals surface area contributed by atoms with E-state index in [1.54, 1.807) is 0 Å². The summed E-state index contributed by atoms with van der Waals surface area (Å²) < 4.78 is 42.4. The molecule has 0 spiro atoms. The average molecular weight is 248 g/mol. The van der Waals surface area contributed by atoms with E-state index in [0.717, 1.165) is 12.3 Å². The van der Waals surface area contributed by atoms with Crippen molar-refractivity contribution in [2.45, 2.75) is 6.42 Å². The number of hydrogen-bond acceptors (Lipinski definition) is 4. The second-order valence-corrected chi connectivity index (χ2v) is 4.98. The molecule has 90 valence electrons. The van der Waals surface area contributed by atoms with Crippen molar-refractivity contribution in [3.05, 3.63) is 24.3 Å².